The zero-order valence-corrected chi connectivity index (χ0v) is 10.2. The average molecular weight is 248 g/mol. The van der Waals surface area contributed by atoms with Gasteiger partial charge in [0.05, 0.1) is 6.04 Å². The van der Waals surface area contributed by atoms with Crippen LogP contribution in [0.4, 0.5) is 5.13 Å². The number of anilines is 1. The van der Waals surface area contributed by atoms with Crippen LogP contribution in [0.3, 0.4) is 0 Å². The number of hydrogen-bond donors (Lipinski definition) is 1. The lowest BCUT2D eigenvalue weighted by atomic mass is 10.1. The van der Waals surface area contributed by atoms with Gasteiger partial charge in [-0.15, -0.1) is 11.3 Å². The van der Waals surface area contributed by atoms with Gasteiger partial charge in [-0.2, -0.15) is 0 Å². The first-order chi connectivity index (χ1) is 8.33. The van der Waals surface area contributed by atoms with E-state index in [4.69, 9.17) is 9.47 Å². The van der Waals surface area contributed by atoms with Crippen LogP contribution < -0.4 is 14.8 Å². The fraction of sp³-hybridized carbons (Fsp3) is 0.250. The van der Waals surface area contributed by atoms with Gasteiger partial charge in [0, 0.05) is 11.6 Å². The van der Waals surface area contributed by atoms with E-state index < -0.39 is 0 Å². The zero-order valence-electron chi connectivity index (χ0n) is 9.34. The van der Waals surface area contributed by atoms with Crippen molar-refractivity contribution < 1.29 is 9.47 Å². The van der Waals surface area contributed by atoms with Gasteiger partial charge < -0.3 is 14.8 Å². The lowest BCUT2D eigenvalue weighted by Crippen LogP contribution is -2.05. The van der Waals surface area contributed by atoms with E-state index in [1.54, 1.807) is 17.5 Å². The molecule has 1 N–H and O–H groups in total. The molecule has 1 aliphatic heterocycles. The Morgan fingerprint density at radius 2 is 2.24 bits per heavy atom. The number of aromatic nitrogens is 1. The molecule has 2 aromatic rings. The summed E-state index contributed by atoms with van der Waals surface area (Å²) in [7, 11) is 0. The van der Waals surface area contributed by atoms with E-state index in [-0.39, 0.29) is 6.04 Å². The molecule has 0 amide bonds. The van der Waals surface area contributed by atoms with Gasteiger partial charge in [0.25, 0.3) is 0 Å². The van der Waals surface area contributed by atoms with Gasteiger partial charge in [0.1, 0.15) is 0 Å². The molecule has 3 rings (SSSR count). The Morgan fingerprint density at radius 1 is 1.35 bits per heavy atom. The minimum absolute atomic E-state index is 0.190. The van der Waals surface area contributed by atoms with Crippen molar-refractivity contribution in [3.05, 3.63) is 35.3 Å². The molecule has 0 spiro atoms. The van der Waals surface area contributed by atoms with E-state index >= 15 is 0 Å². The largest absolute Gasteiger partial charge is 0.454 e. The number of fused-ring (bicyclic) bond motifs is 1. The molecule has 1 aliphatic rings. The molecule has 17 heavy (non-hydrogen) atoms. The van der Waals surface area contributed by atoms with Crippen LogP contribution in [0.15, 0.2) is 29.8 Å². The number of rotatable bonds is 3. The Labute approximate surface area is 103 Å². The van der Waals surface area contributed by atoms with Gasteiger partial charge >= 0.3 is 0 Å². The molecule has 1 aromatic carbocycles. The van der Waals surface area contributed by atoms with E-state index in [0.717, 1.165) is 22.2 Å². The van der Waals surface area contributed by atoms with Crippen molar-refractivity contribution in [2.75, 3.05) is 12.1 Å². The van der Waals surface area contributed by atoms with Crippen molar-refractivity contribution in [2.24, 2.45) is 0 Å². The van der Waals surface area contributed by atoms with Gasteiger partial charge in [-0.3, -0.25) is 0 Å². The molecular formula is C12H12N2O2S. The molecule has 1 unspecified atom stereocenters. The van der Waals surface area contributed by atoms with Gasteiger partial charge in [-0.25, -0.2) is 4.98 Å². The van der Waals surface area contributed by atoms with Crippen LogP contribution in [0.2, 0.25) is 0 Å². The summed E-state index contributed by atoms with van der Waals surface area (Å²) < 4.78 is 10.6. The van der Waals surface area contributed by atoms with E-state index in [2.05, 4.69) is 17.2 Å². The molecule has 0 aliphatic carbocycles. The van der Waals surface area contributed by atoms with E-state index in [0.29, 0.717) is 6.79 Å². The van der Waals surface area contributed by atoms with Gasteiger partial charge in [-0.05, 0) is 24.6 Å². The zero-order chi connectivity index (χ0) is 11.7. The summed E-state index contributed by atoms with van der Waals surface area (Å²) in [5.41, 5.74) is 1.16. The van der Waals surface area contributed by atoms with E-state index in [1.165, 1.54) is 0 Å². The molecular weight excluding hydrogens is 236 g/mol. The highest BCUT2D eigenvalue weighted by atomic mass is 32.1. The maximum atomic E-state index is 5.36. The molecule has 1 aromatic heterocycles. The predicted molar refractivity (Wildman–Crippen MR) is 66.7 cm³/mol. The highest BCUT2D eigenvalue weighted by Gasteiger charge is 2.15. The highest BCUT2D eigenvalue weighted by molar-refractivity contribution is 7.13. The second kappa shape index (κ2) is 4.25. The van der Waals surface area contributed by atoms with Crippen LogP contribution in [-0.2, 0) is 0 Å². The molecule has 0 fully saturated rings. The summed E-state index contributed by atoms with van der Waals surface area (Å²) in [6, 6.07) is 6.18. The molecule has 0 saturated carbocycles. The minimum atomic E-state index is 0.190. The summed E-state index contributed by atoms with van der Waals surface area (Å²) in [5.74, 6) is 1.63. The van der Waals surface area contributed by atoms with Gasteiger partial charge in [0.15, 0.2) is 16.6 Å². The topological polar surface area (TPSA) is 43.4 Å². The van der Waals surface area contributed by atoms with Crippen LogP contribution in [0, 0.1) is 0 Å². The third kappa shape index (κ3) is 2.06. The molecule has 2 heterocycles. The molecule has 1 atom stereocenters. The third-order valence-electron chi connectivity index (χ3n) is 2.67. The highest BCUT2D eigenvalue weighted by Crippen LogP contribution is 2.34. The number of thiazole rings is 1. The lowest BCUT2D eigenvalue weighted by molar-refractivity contribution is 0.174. The Morgan fingerprint density at radius 3 is 3.06 bits per heavy atom. The van der Waals surface area contributed by atoms with E-state index in [9.17, 15) is 0 Å². The van der Waals surface area contributed by atoms with Crippen molar-refractivity contribution >= 4 is 16.5 Å². The maximum absolute atomic E-state index is 5.36. The Kier molecular flexibility index (Phi) is 2.60. The van der Waals surface area contributed by atoms with Crippen molar-refractivity contribution in [1.82, 2.24) is 4.98 Å². The second-order valence-electron chi connectivity index (χ2n) is 3.82. The van der Waals surface area contributed by atoms with Crippen LogP contribution >= 0.6 is 11.3 Å². The van der Waals surface area contributed by atoms with Crippen molar-refractivity contribution in [3.63, 3.8) is 0 Å². The third-order valence-corrected chi connectivity index (χ3v) is 3.37. The summed E-state index contributed by atoms with van der Waals surface area (Å²) in [5, 5.41) is 6.22. The number of ether oxygens (including phenoxy) is 2. The van der Waals surface area contributed by atoms with E-state index in [1.807, 2.05) is 23.6 Å². The summed E-state index contributed by atoms with van der Waals surface area (Å²) in [6.07, 6.45) is 1.79. The first kappa shape index (κ1) is 10.4. The molecule has 88 valence electrons. The first-order valence-electron chi connectivity index (χ1n) is 5.38. The normalized spacial score (nSPS) is 14.6. The monoisotopic (exact) mass is 248 g/mol. The molecule has 4 nitrogen and oxygen atoms in total. The maximum Gasteiger partial charge on any atom is 0.231 e. The van der Waals surface area contributed by atoms with Crippen LogP contribution in [0.1, 0.15) is 18.5 Å². The average Bonchev–Trinajstić information content (AvgIpc) is 2.97. The molecule has 0 bridgehead atoms. The second-order valence-corrected chi connectivity index (χ2v) is 4.71. The smallest absolute Gasteiger partial charge is 0.231 e. The first-order valence-corrected chi connectivity index (χ1v) is 6.26. The quantitative estimate of drug-likeness (QED) is 0.906. The fourth-order valence-electron chi connectivity index (χ4n) is 1.75. The van der Waals surface area contributed by atoms with Crippen molar-refractivity contribution in [1.29, 1.82) is 0 Å². The number of nitrogens with one attached hydrogen (secondary N) is 1. The van der Waals surface area contributed by atoms with Crippen molar-refractivity contribution in [2.45, 2.75) is 13.0 Å². The van der Waals surface area contributed by atoms with Gasteiger partial charge in [0.2, 0.25) is 6.79 Å². The Bertz CT molecular complexity index is 513. The van der Waals surface area contributed by atoms with Crippen LogP contribution in [-0.4, -0.2) is 11.8 Å². The fourth-order valence-corrected chi connectivity index (χ4v) is 2.36. The number of benzene rings is 1. The van der Waals surface area contributed by atoms with Crippen LogP contribution in [0.25, 0.3) is 0 Å². The molecule has 0 radical (unpaired) electrons. The summed E-state index contributed by atoms with van der Waals surface area (Å²) in [6.45, 7) is 2.41. The van der Waals surface area contributed by atoms with Gasteiger partial charge in [-0.1, -0.05) is 6.07 Å². The number of hydrogen-bond acceptors (Lipinski definition) is 5. The van der Waals surface area contributed by atoms with Crippen molar-refractivity contribution in [3.8, 4) is 11.5 Å². The Balaban J connectivity index is 1.79. The minimum Gasteiger partial charge on any atom is -0.454 e. The lowest BCUT2D eigenvalue weighted by Gasteiger charge is -2.13. The number of nitrogens with zero attached hydrogens (tertiary/aromatic N) is 1. The Hall–Kier alpha value is -1.75. The predicted octanol–water partition coefficient (Wildman–Crippen LogP) is 3.04. The van der Waals surface area contributed by atoms with Crippen LogP contribution in [0.5, 0.6) is 11.5 Å². The summed E-state index contributed by atoms with van der Waals surface area (Å²) >= 11 is 1.59. The molecule has 5 heteroatoms. The molecule has 0 saturated heterocycles. The SMILES string of the molecule is CC(Nc1nccs1)c1ccc2c(c1)OCO2. The summed E-state index contributed by atoms with van der Waals surface area (Å²) in [4.78, 5) is 4.21. The standard InChI is InChI=1S/C12H12N2O2S/c1-8(14-12-13-4-5-17-12)9-2-3-10-11(6-9)16-7-15-10/h2-6,8H,7H2,1H3,(H,13,14).